The van der Waals surface area contributed by atoms with Crippen LogP contribution in [0.5, 0.6) is 0 Å². The SMILES string of the molecule is CCc1nc(CSc2nnc(NCCOC)s2)no1. The molecule has 2 aromatic rings. The van der Waals surface area contributed by atoms with Gasteiger partial charge >= 0.3 is 0 Å². The smallest absolute Gasteiger partial charge is 0.226 e. The van der Waals surface area contributed by atoms with E-state index in [-0.39, 0.29) is 0 Å². The summed E-state index contributed by atoms with van der Waals surface area (Å²) in [6.45, 7) is 3.35. The number of methoxy groups -OCH3 is 1. The number of thioether (sulfide) groups is 1. The van der Waals surface area contributed by atoms with E-state index in [4.69, 9.17) is 9.26 Å². The van der Waals surface area contributed by atoms with Crippen LogP contribution in [0.1, 0.15) is 18.6 Å². The number of aromatic nitrogens is 4. The minimum atomic E-state index is 0.635. The highest BCUT2D eigenvalue weighted by Crippen LogP contribution is 2.27. The van der Waals surface area contributed by atoms with Crippen molar-refractivity contribution in [1.82, 2.24) is 20.3 Å². The van der Waals surface area contributed by atoms with Crippen molar-refractivity contribution in [2.45, 2.75) is 23.4 Å². The Labute approximate surface area is 119 Å². The molecule has 0 bridgehead atoms. The molecule has 0 saturated heterocycles. The predicted molar refractivity (Wildman–Crippen MR) is 73.5 cm³/mol. The molecule has 9 heteroatoms. The minimum absolute atomic E-state index is 0.635. The van der Waals surface area contributed by atoms with Gasteiger partial charge in [0.15, 0.2) is 10.2 Å². The molecule has 0 amide bonds. The number of rotatable bonds is 8. The van der Waals surface area contributed by atoms with E-state index in [9.17, 15) is 0 Å². The van der Waals surface area contributed by atoms with Gasteiger partial charge in [0.25, 0.3) is 0 Å². The fourth-order valence-corrected chi connectivity index (χ4v) is 2.84. The molecule has 0 aliphatic rings. The van der Waals surface area contributed by atoms with Crippen molar-refractivity contribution in [2.75, 3.05) is 25.6 Å². The first-order valence-corrected chi connectivity index (χ1v) is 7.62. The lowest BCUT2D eigenvalue weighted by molar-refractivity contribution is 0.211. The Morgan fingerprint density at radius 3 is 3.05 bits per heavy atom. The van der Waals surface area contributed by atoms with E-state index in [0.29, 0.717) is 24.1 Å². The molecule has 2 rings (SSSR count). The molecule has 0 fully saturated rings. The second-order valence-corrected chi connectivity index (χ2v) is 5.74. The molecule has 0 aromatic carbocycles. The highest BCUT2D eigenvalue weighted by Gasteiger charge is 2.08. The average molecular weight is 301 g/mol. The molecule has 104 valence electrons. The molecule has 1 N–H and O–H groups in total. The zero-order valence-corrected chi connectivity index (χ0v) is 12.4. The maximum Gasteiger partial charge on any atom is 0.226 e. The molecular formula is C10H15N5O2S2. The Hall–Kier alpha value is -1.19. The second kappa shape index (κ2) is 7.41. The quantitative estimate of drug-likeness (QED) is 0.584. The standard InChI is InChI=1S/C10H15N5O2S2/c1-3-8-12-7(15-17-8)6-18-10-14-13-9(19-10)11-4-5-16-2/h3-6H2,1-2H3,(H,11,13). The van der Waals surface area contributed by atoms with E-state index in [1.165, 1.54) is 11.3 Å². The van der Waals surface area contributed by atoms with Gasteiger partial charge in [-0.3, -0.25) is 0 Å². The second-order valence-electron chi connectivity index (χ2n) is 3.54. The molecule has 0 saturated carbocycles. The zero-order valence-electron chi connectivity index (χ0n) is 10.8. The molecular weight excluding hydrogens is 286 g/mol. The Morgan fingerprint density at radius 1 is 1.42 bits per heavy atom. The highest BCUT2D eigenvalue weighted by molar-refractivity contribution is 8.00. The summed E-state index contributed by atoms with van der Waals surface area (Å²) in [5.74, 6) is 1.98. The lowest BCUT2D eigenvalue weighted by Gasteiger charge is -1.98. The van der Waals surface area contributed by atoms with Crippen LogP contribution >= 0.6 is 23.1 Å². The highest BCUT2D eigenvalue weighted by atomic mass is 32.2. The first-order valence-electron chi connectivity index (χ1n) is 5.82. The van der Waals surface area contributed by atoms with Gasteiger partial charge in [-0.1, -0.05) is 35.2 Å². The number of ether oxygens (including phenoxy) is 1. The predicted octanol–water partition coefficient (Wildman–Crippen LogP) is 1.83. The van der Waals surface area contributed by atoms with Crippen LogP contribution in [0.15, 0.2) is 8.86 Å². The molecule has 2 aromatic heterocycles. The van der Waals surface area contributed by atoms with Crippen molar-refractivity contribution in [1.29, 1.82) is 0 Å². The Kier molecular flexibility index (Phi) is 5.55. The molecule has 19 heavy (non-hydrogen) atoms. The Morgan fingerprint density at radius 2 is 2.32 bits per heavy atom. The van der Waals surface area contributed by atoms with Gasteiger partial charge in [-0.15, -0.1) is 10.2 Å². The van der Waals surface area contributed by atoms with Gasteiger partial charge < -0.3 is 14.6 Å². The first-order chi connectivity index (χ1) is 9.31. The largest absolute Gasteiger partial charge is 0.383 e. The topological polar surface area (TPSA) is 86.0 Å². The molecule has 7 nitrogen and oxygen atoms in total. The van der Waals surface area contributed by atoms with Gasteiger partial charge in [-0.25, -0.2) is 0 Å². The van der Waals surface area contributed by atoms with Crippen molar-refractivity contribution < 1.29 is 9.26 Å². The summed E-state index contributed by atoms with van der Waals surface area (Å²) in [5.41, 5.74) is 0. The van der Waals surface area contributed by atoms with Gasteiger partial charge in [-0.2, -0.15) is 4.98 Å². The van der Waals surface area contributed by atoms with E-state index in [0.717, 1.165) is 22.4 Å². The van der Waals surface area contributed by atoms with Crippen LogP contribution < -0.4 is 5.32 Å². The van der Waals surface area contributed by atoms with Gasteiger partial charge in [0.2, 0.25) is 11.0 Å². The van der Waals surface area contributed by atoms with E-state index in [1.54, 1.807) is 18.9 Å². The minimum Gasteiger partial charge on any atom is -0.383 e. The van der Waals surface area contributed by atoms with Gasteiger partial charge in [0, 0.05) is 20.1 Å². The van der Waals surface area contributed by atoms with Crippen molar-refractivity contribution in [3.05, 3.63) is 11.7 Å². The van der Waals surface area contributed by atoms with E-state index < -0.39 is 0 Å². The average Bonchev–Trinajstić information content (AvgIpc) is 3.05. The molecule has 0 radical (unpaired) electrons. The third kappa shape index (κ3) is 4.44. The van der Waals surface area contributed by atoms with Gasteiger partial charge in [0.1, 0.15) is 0 Å². The summed E-state index contributed by atoms with van der Waals surface area (Å²) in [6, 6.07) is 0. The molecule has 0 unspecified atom stereocenters. The van der Waals surface area contributed by atoms with Crippen molar-refractivity contribution in [2.24, 2.45) is 0 Å². The summed E-state index contributed by atoms with van der Waals surface area (Å²) in [4.78, 5) is 4.24. The fraction of sp³-hybridized carbons (Fsp3) is 0.600. The summed E-state index contributed by atoms with van der Waals surface area (Å²) in [5, 5.41) is 15.9. The Bertz CT molecular complexity index is 502. The maximum atomic E-state index is 5.04. The summed E-state index contributed by atoms with van der Waals surface area (Å²) >= 11 is 3.05. The van der Waals surface area contributed by atoms with Crippen LogP contribution in [-0.4, -0.2) is 40.6 Å². The fourth-order valence-electron chi connectivity index (χ4n) is 1.22. The summed E-state index contributed by atoms with van der Waals surface area (Å²) < 4.78 is 10.9. The molecule has 0 aliphatic carbocycles. The van der Waals surface area contributed by atoms with Crippen LogP contribution in [-0.2, 0) is 16.9 Å². The molecule has 2 heterocycles. The number of hydrogen-bond acceptors (Lipinski definition) is 9. The third-order valence-corrected chi connectivity index (χ3v) is 4.14. The lowest BCUT2D eigenvalue weighted by atomic mass is 10.5. The number of nitrogens with one attached hydrogen (secondary N) is 1. The van der Waals surface area contributed by atoms with E-state index in [1.807, 2.05) is 6.92 Å². The normalized spacial score (nSPS) is 10.8. The Balaban J connectivity index is 1.79. The zero-order chi connectivity index (χ0) is 13.5. The van der Waals surface area contributed by atoms with Crippen LogP contribution in [0.25, 0.3) is 0 Å². The summed E-state index contributed by atoms with van der Waals surface area (Å²) in [6.07, 6.45) is 0.754. The van der Waals surface area contributed by atoms with Crippen LogP contribution in [0.4, 0.5) is 5.13 Å². The first kappa shape index (κ1) is 14.2. The number of hydrogen-bond donors (Lipinski definition) is 1. The van der Waals surface area contributed by atoms with Gasteiger partial charge in [0.05, 0.1) is 12.4 Å². The number of nitrogens with zero attached hydrogens (tertiary/aromatic N) is 4. The van der Waals surface area contributed by atoms with Crippen molar-refractivity contribution in [3.8, 4) is 0 Å². The molecule has 0 aliphatic heterocycles. The monoisotopic (exact) mass is 301 g/mol. The van der Waals surface area contributed by atoms with Crippen LogP contribution in [0.2, 0.25) is 0 Å². The van der Waals surface area contributed by atoms with Crippen molar-refractivity contribution in [3.63, 3.8) is 0 Å². The summed E-state index contributed by atoms with van der Waals surface area (Å²) in [7, 11) is 1.67. The van der Waals surface area contributed by atoms with Crippen LogP contribution in [0.3, 0.4) is 0 Å². The lowest BCUT2D eigenvalue weighted by Crippen LogP contribution is -2.06. The van der Waals surface area contributed by atoms with E-state index >= 15 is 0 Å². The maximum absolute atomic E-state index is 5.04. The van der Waals surface area contributed by atoms with Crippen molar-refractivity contribution >= 4 is 28.2 Å². The van der Waals surface area contributed by atoms with E-state index in [2.05, 4.69) is 25.7 Å². The van der Waals surface area contributed by atoms with Crippen LogP contribution in [0, 0.1) is 0 Å². The third-order valence-electron chi connectivity index (χ3n) is 2.13. The number of aryl methyl sites for hydroxylation is 1. The molecule has 0 atom stereocenters. The van der Waals surface area contributed by atoms with Gasteiger partial charge in [-0.05, 0) is 0 Å². The molecule has 0 spiro atoms. The number of anilines is 1.